The van der Waals surface area contributed by atoms with Crippen molar-refractivity contribution < 1.29 is 9.53 Å². The molecule has 3 nitrogen and oxygen atoms in total. The van der Waals surface area contributed by atoms with E-state index in [4.69, 9.17) is 10.5 Å². The van der Waals surface area contributed by atoms with Crippen LogP contribution in [0.25, 0.3) is 5.57 Å². The molecule has 0 aromatic heterocycles. The lowest BCUT2D eigenvalue weighted by atomic mass is 9.89. The van der Waals surface area contributed by atoms with Gasteiger partial charge in [-0.25, -0.2) is 0 Å². The molecule has 0 spiro atoms. The summed E-state index contributed by atoms with van der Waals surface area (Å²) in [6.07, 6.45) is 7.79. The quantitative estimate of drug-likeness (QED) is 0.894. The lowest BCUT2D eigenvalue weighted by Gasteiger charge is -2.17. The van der Waals surface area contributed by atoms with Gasteiger partial charge in [0.15, 0.2) is 0 Å². The van der Waals surface area contributed by atoms with Gasteiger partial charge >= 0.3 is 0 Å². The molecule has 1 atom stereocenters. The second-order valence-corrected chi connectivity index (χ2v) is 5.47. The van der Waals surface area contributed by atoms with E-state index in [1.807, 2.05) is 19.1 Å². The zero-order chi connectivity index (χ0) is 14.5. The molecular weight excluding hydrogens is 250 g/mol. The highest BCUT2D eigenvalue weighted by molar-refractivity contribution is 5.98. The van der Waals surface area contributed by atoms with E-state index in [0.717, 1.165) is 24.8 Å². The van der Waals surface area contributed by atoms with Crippen molar-refractivity contribution in [1.29, 1.82) is 0 Å². The van der Waals surface area contributed by atoms with Crippen molar-refractivity contribution in [2.45, 2.75) is 45.1 Å². The number of benzene rings is 1. The standard InChI is InChI=1S/C17H23NO2/c1-12(20-2)10-13-8-9-15(17(18)19)16(11-13)14-6-4-3-5-7-14/h6,8-9,11-12H,3-5,7,10H2,1-2H3,(H2,18,19). The second-order valence-electron chi connectivity index (χ2n) is 5.47. The van der Waals surface area contributed by atoms with Crippen LogP contribution >= 0.6 is 0 Å². The Morgan fingerprint density at radius 1 is 1.40 bits per heavy atom. The lowest BCUT2D eigenvalue weighted by Crippen LogP contribution is -2.15. The Balaban J connectivity index is 2.36. The fraction of sp³-hybridized carbons (Fsp3) is 0.471. The number of carbonyl (C=O) groups excluding carboxylic acids is 1. The molecule has 0 radical (unpaired) electrons. The van der Waals surface area contributed by atoms with Crippen molar-refractivity contribution in [2.75, 3.05) is 7.11 Å². The molecule has 3 heteroatoms. The van der Waals surface area contributed by atoms with Crippen LogP contribution < -0.4 is 5.73 Å². The molecule has 1 aliphatic carbocycles. The molecule has 0 heterocycles. The molecule has 1 aliphatic rings. The molecule has 0 bridgehead atoms. The smallest absolute Gasteiger partial charge is 0.249 e. The Labute approximate surface area is 120 Å². The number of ether oxygens (including phenoxy) is 1. The van der Waals surface area contributed by atoms with Crippen molar-refractivity contribution in [3.8, 4) is 0 Å². The minimum atomic E-state index is -0.349. The monoisotopic (exact) mass is 273 g/mol. The fourth-order valence-corrected chi connectivity index (χ4v) is 2.70. The van der Waals surface area contributed by atoms with Gasteiger partial charge in [0.25, 0.3) is 0 Å². The van der Waals surface area contributed by atoms with E-state index >= 15 is 0 Å². The third-order valence-corrected chi connectivity index (χ3v) is 3.91. The Morgan fingerprint density at radius 3 is 2.80 bits per heavy atom. The predicted octanol–water partition coefficient (Wildman–Crippen LogP) is 3.32. The highest BCUT2D eigenvalue weighted by Crippen LogP contribution is 2.30. The van der Waals surface area contributed by atoms with Crippen molar-refractivity contribution in [3.05, 3.63) is 41.0 Å². The molecule has 1 unspecified atom stereocenters. The number of nitrogens with two attached hydrogens (primary N) is 1. The number of carbonyl (C=O) groups is 1. The van der Waals surface area contributed by atoms with Gasteiger partial charge in [0.1, 0.15) is 0 Å². The summed E-state index contributed by atoms with van der Waals surface area (Å²) in [5.41, 5.74) is 9.60. The molecule has 2 rings (SSSR count). The van der Waals surface area contributed by atoms with E-state index in [0.29, 0.717) is 5.56 Å². The van der Waals surface area contributed by atoms with Crippen LogP contribution in [0.15, 0.2) is 24.3 Å². The van der Waals surface area contributed by atoms with Crippen LogP contribution in [0, 0.1) is 0 Å². The van der Waals surface area contributed by atoms with Crippen LogP contribution in [0.5, 0.6) is 0 Å². The fourth-order valence-electron chi connectivity index (χ4n) is 2.70. The molecule has 1 aromatic rings. The minimum Gasteiger partial charge on any atom is -0.381 e. The number of rotatable bonds is 5. The van der Waals surface area contributed by atoms with E-state index in [1.165, 1.54) is 24.0 Å². The average molecular weight is 273 g/mol. The number of amides is 1. The van der Waals surface area contributed by atoms with Crippen LogP contribution in [0.2, 0.25) is 0 Å². The maximum Gasteiger partial charge on any atom is 0.249 e. The maximum absolute atomic E-state index is 11.6. The summed E-state index contributed by atoms with van der Waals surface area (Å²) in [6, 6.07) is 5.93. The number of methoxy groups -OCH3 is 1. The van der Waals surface area contributed by atoms with Crippen molar-refractivity contribution in [2.24, 2.45) is 5.73 Å². The number of allylic oxidation sites excluding steroid dienone is 2. The largest absolute Gasteiger partial charge is 0.381 e. The Kier molecular flexibility index (Phi) is 4.96. The van der Waals surface area contributed by atoms with Crippen LogP contribution in [0.3, 0.4) is 0 Å². The van der Waals surface area contributed by atoms with E-state index in [1.54, 1.807) is 7.11 Å². The first-order valence-electron chi connectivity index (χ1n) is 7.26. The summed E-state index contributed by atoms with van der Waals surface area (Å²) in [5.74, 6) is -0.349. The topological polar surface area (TPSA) is 52.3 Å². The van der Waals surface area contributed by atoms with Gasteiger partial charge in [-0.05, 0) is 61.8 Å². The van der Waals surface area contributed by atoms with Gasteiger partial charge in [-0.2, -0.15) is 0 Å². The van der Waals surface area contributed by atoms with E-state index in [9.17, 15) is 4.79 Å². The zero-order valence-electron chi connectivity index (χ0n) is 12.3. The van der Waals surface area contributed by atoms with Crippen molar-refractivity contribution in [3.63, 3.8) is 0 Å². The SMILES string of the molecule is COC(C)Cc1ccc(C(N)=O)c(C2=CCCCC2)c1. The molecule has 0 saturated carbocycles. The molecule has 1 amide bonds. The van der Waals surface area contributed by atoms with Gasteiger partial charge in [-0.3, -0.25) is 4.79 Å². The minimum absolute atomic E-state index is 0.169. The lowest BCUT2D eigenvalue weighted by molar-refractivity contribution is 0.1000. The van der Waals surface area contributed by atoms with Gasteiger partial charge in [-0.15, -0.1) is 0 Å². The van der Waals surface area contributed by atoms with Gasteiger partial charge in [0, 0.05) is 12.7 Å². The Morgan fingerprint density at radius 2 is 2.20 bits per heavy atom. The highest BCUT2D eigenvalue weighted by atomic mass is 16.5. The molecular formula is C17H23NO2. The maximum atomic E-state index is 11.6. The summed E-state index contributed by atoms with van der Waals surface area (Å²) in [7, 11) is 1.72. The Bertz CT molecular complexity index is 520. The van der Waals surface area contributed by atoms with E-state index < -0.39 is 0 Å². The van der Waals surface area contributed by atoms with E-state index in [-0.39, 0.29) is 12.0 Å². The first-order chi connectivity index (χ1) is 9.61. The summed E-state index contributed by atoms with van der Waals surface area (Å²) >= 11 is 0. The second kappa shape index (κ2) is 6.71. The molecule has 0 fully saturated rings. The molecule has 20 heavy (non-hydrogen) atoms. The third-order valence-electron chi connectivity index (χ3n) is 3.91. The van der Waals surface area contributed by atoms with Crippen LogP contribution in [-0.2, 0) is 11.2 Å². The molecule has 0 aliphatic heterocycles. The first kappa shape index (κ1) is 14.8. The van der Waals surface area contributed by atoms with Crippen LogP contribution in [0.1, 0.15) is 54.1 Å². The van der Waals surface area contributed by atoms with Gasteiger partial charge in [-0.1, -0.05) is 18.2 Å². The predicted molar refractivity (Wildman–Crippen MR) is 81.6 cm³/mol. The normalized spacial score (nSPS) is 16.6. The van der Waals surface area contributed by atoms with Crippen molar-refractivity contribution in [1.82, 2.24) is 0 Å². The van der Waals surface area contributed by atoms with Crippen molar-refractivity contribution >= 4 is 11.5 Å². The summed E-state index contributed by atoms with van der Waals surface area (Å²) < 4.78 is 5.31. The van der Waals surface area contributed by atoms with Gasteiger partial charge < -0.3 is 10.5 Å². The summed E-state index contributed by atoms with van der Waals surface area (Å²) in [5, 5.41) is 0. The molecule has 0 saturated heterocycles. The van der Waals surface area contributed by atoms with Crippen LogP contribution in [0.4, 0.5) is 0 Å². The highest BCUT2D eigenvalue weighted by Gasteiger charge is 2.15. The zero-order valence-corrected chi connectivity index (χ0v) is 12.3. The Hall–Kier alpha value is -1.61. The number of primary amides is 1. The first-order valence-corrected chi connectivity index (χ1v) is 7.26. The molecule has 1 aromatic carbocycles. The van der Waals surface area contributed by atoms with Gasteiger partial charge in [0.2, 0.25) is 5.91 Å². The molecule has 108 valence electrons. The number of hydrogen-bond donors (Lipinski definition) is 1. The third kappa shape index (κ3) is 3.48. The number of hydrogen-bond acceptors (Lipinski definition) is 2. The van der Waals surface area contributed by atoms with Crippen LogP contribution in [-0.4, -0.2) is 19.1 Å². The molecule has 2 N–H and O–H groups in total. The summed E-state index contributed by atoms with van der Waals surface area (Å²) in [6.45, 7) is 2.04. The summed E-state index contributed by atoms with van der Waals surface area (Å²) in [4.78, 5) is 11.6. The van der Waals surface area contributed by atoms with Gasteiger partial charge in [0.05, 0.1) is 6.10 Å². The average Bonchev–Trinajstić information content (AvgIpc) is 2.47. The van der Waals surface area contributed by atoms with E-state index in [2.05, 4.69) is 12.1 Å².